The van der Waals surface area contributed by atoms with E-state index in [1.54, 1.807) is 26.0 Å². The fourth-order valence-corrected chi connectivity index (χ4v) is 1.62. The maximum atomic E-state index is 11.5. The Morgan fingerprint density at radius 2 is 2.07 bits per heavy atom. The molecular formula is C9H15NO3S. The summed E-state index contributed by atoms with van der Waals surface area (Å²) in [5.41, 5.74) is 5.83. The Kier molecular flexibility index (Phi) is 2.74. The Morgan fingerprint density at radius 3 is 2.43 bits per heavy atom. The lowest BCUT2D eigenvalue weighted by Gasteiger charge is -2.27. The maximum Gasteiger partial charge on any atom is 0.154 e. The molecule has 1 aromatic rings. The lowest BCUT2D eigenvalue weighted by atomic mass is 10.0. The molecule has 0 aromatic carbocycles. The summed E-state index contributed by atoms with van der Waals surface area (Å²) in [6, 6.07) is 2.72. The van der Waals surface area contributed by atoms with Crippen molar-refractivity contribution in [2.75, 3.05) is 6.26 Å². The van der Waals surface area contributed by atoms with Gasteiger partial charge >= 0.3 is 0 Å². The SMILES string of the molecule is CC(C)(C(N)c1ccco1)S(C)(=O)=O. The van der Waals surface area contributed by atoms with Crippen LogP contribution in [-0.4, -0.2) is 19.4 Å². The number of hydrogen-bond donors (Lipinski definition) is 1. The Bertz CT molecular complexity index is 392. The molecule has 1 heterocycles. The van der Waals surface area contributed by atoms with Crippen LogP contribution in [0.5, 0.6) is 0 Å². The van der Waals surface area contributed by atoms with Gasteiger partial charge in [-0.1, -0.05) is 0 Å². The van der Waals surface area contributed by atoms with E-state index in [1.165, 1.54) is 12.5 Å². The molecule has 5 heteroatoms. The van der Waals surface area contributed by atoms with E-state index < -0.39 is 20.6 Å². The second-order valence-electron chi connectivity index (χ2n) is 3.87. The van der Waals surface area contributed by atoms with Crippen molar-refractivity contribution in [1.82, 2.24) is 0 Å². The molecule has 0 saturated heterocycles. The van der Waals surface area contributed by atoms with Gasteiger partial charge in [-0.25, -0.2) is 8.42 Å². The Labute approximate surface area is 84.0 Å². The summed E-state index contributed by atoms with van der Waals surface area (Å²) < 4.78 is 27.0. The minimum absolute atomic E-state index is 0.487. The van der Waals surface area contributed by atoms with Crippen LogP contribution < -0.4 is 5.73 Å². The molecule has 0 aliphatic heterocycles. The van der Waals surface area contributed by atoms with E-state index in [1.807, 2.05) is 0 Å². The summed E-state index contributed by atoms with van der Waals surface area (Å²) in [6.07, 6.45) is 2.66. The maximum absolute atomic E-state index is 11.5. The van der Waals surface area contributed by atoms with Crippen molar-refractivity contribution in [2.24, 2.45) is 5.73 Å². The molecule has 2 N–H and O–H groups in total. The van der Waals surface area contributed by atoms with Crippen LogP contribution in [0.25, 0.3) is 0 Å². The molecule has 0 amide bonds. The fourth-order valence-electron chi connectivity index (χ4n) is 1.04. The van der Waals surface area contributed by atoms with Gasteiger partial charge in [-0.15, -0.1) is 0 Å². The van der Waals surface area contributed by atoms with Crippen LogP contribution in [0.4, 0.5) is 0 Å². The normalized spacial score (nSPS) is 15.4. The van der Waals surface area contributed by atoms with Crippen LogP contribution in [0.15, 0.2) is 22.8 Å². The summed E-state index contributed by atoms with van der Waals surface area (Å²) >= 11 is 0. The Hall–Kier alpha value is -0.810. The van der Waals surface area contributed by atoms with E-state index in [9.17, 15) is 8.42 Å². The lowest BCUT2D eigenvalue weighted by molar-refractivity contribution is 0.408. The van der Waals surface area contributed by atoms with Crippen LogP contribution >= 0.6 is 0 Å². The summed E-state index contributed by atoms with van der Waals surface area (Å²) in [6.45, 7) is 3.19. The third-order valence-electron chi connectivity index (χ3n) is 2.55. The monoisotopic (exact) mass is 217 g/mol. The van der Waals surface area contributed by atoms with E-state index in [4.69, 9.17) is 10.2 Å². The average Bonchev–Trinajstić information content (AvgIpc) is 2.52. The number of sulfone groups is 1. The third kappa shape index (κ3) is 1.83. The van der Waals surface area contributed by atoms with Gasteiger partial charge in [-0.2, -0.15) is 0 Å². The van der Waals surface area contributed by atoms with Gasteiger partial charge in [0.05, 0.1) is 17.1 Å². The molecule has 80 valence electrons. The van der Waals surface area contributed by atoms with Crippen LogP contribution in [0, 0.1) is 0 Å². The first-order valence-corrected chi connectivity index (χ1v) is 6.14. The molecule has 1 aromatic heterocycles. The van der Waals surface area contributed by atoms with E-state index >= 15 is 0 Å². The van der Waals surface area contributed by atoms with Gasteiger partial charge in [0.25, 0.3) is 0 Å². The van der Waals surface area contributed by atoms with Crippen molar-refractivity contribution in [3.63, 3.8) is 0 Å². The van der Waals surface area contributed by atoms with E-state index in [0.717, 1.165) is 0 Å². The molecule has 0 aliphatic rings. The van der Waals surface area contributed by atoms with Crippen LogP contribution in [0.3, 0.4) is 0 Å². The molecule has 0 fully saturated rings. The fraction of sp³-hybridized carbons (Fsp3) is 0.556. The van der Waals surface area contributed by atoms with Crippen molar-refractivity contribution in [3.05, 3.63) is 24.2 Å². The highest BCUT2D eigenvalue weighted by molar-refractivity contribution is 7.92. The molecule has 0 aliphatic carbocycles. The second kappa shape index (κ2) is 3.40. The van der Waals surface area contributed by atoms with Crippen LogP contribution in [0.2, 0.25) is 0 Å². The van der Waals surface area contributed by atoms with Crippen LogP contribution in [-0.2, 0) is 9.84 Å². The minimum atomic E-state index is -3.21. The summed E-state index contributed by atoms with van der Waals surface area (Å²) in [5, 5.41) is 0. The Balaban J connectivity index is 3.07. The minimum Gasteiger partial charge on any atom is -0.468 e. The highest BCUT2D eigenvalue weighted by atomic mass is 32.2. The van der Waals surface area contributed by atoms with Crippen molar-refractivity contribution in [3.8, 4) is 0 Å². The highest BCUT2D eigenvalue weighted by Crippen LogP contribution is 2.29. The van der Waals surface area contributed by atoms with Crippen molar-refractivity contribution < 1.29 is 12.8 Å². The standard InChI is InChI=1S/C9H15NO3S/c1-9(2,14(3,11)12)8(10)7-5-4-6-13-7/h4-6,8H,10H2,1-3H3. The largest absolute Gasteiger partial charge is 0.468 e. The topological polar surface area (TPSA) is 73.3 Å². The first-order valence-electron chi connectivity index (χ1n) is 4.25. The number of rotatable bonds is 3. The smallest absolute Gasteiger partial charge is 0.154 e. The quantitative estimate of drug-likeness (QED) is 0.822. The van der Waals surface area contributed by atoms with Crippen LogP contribution in [0.1, 0.15) is 25.6 Å². The molecule has 4 nitrogen and oxygen atoms in total. The zero-order valence-corrected chi connectivity index (χ0v) is 9.34. The number of nitrogens with two attached hydrogens (primary N) is 1. The molecule has 0 radical (unpaired) electrons. The molecule has 0 spiro atoms. The van der Waals surface area contributed by atoms with E-state index in [0.29, 0.717) is 5.76 Å². The zero-order chi connectivity index (χ0) is 11.0. The first-order chi connectivity index (χ1) is 6.27. The Morgan fingerprint density at radius 1 is 1.50 bits per heavy atom. The van der Waals surface area contributed by atoms with Crippen molar-refractivity contribution in [2.45, 2.75) is 24.6 Å². The molecule has 1 atom stereocenters. The van der Waals surface area contributed by atoms with Gasteiger partial charge in [0, 0.05) is 6.26 Å². The lowest BCUT2D eigenvalue weighted by Crippen LogP contribution is -2.42. The van der Waals surface area contributed by atoms with E-state index in [2.05, 4.69) is 0 Å². The molecular weight excluding hydrogens is 202 g/mol. The second-order valence-corrected chi connectivity index (χ2v) is 6.47. The zero-order valence-electron chi connectivity index (χ0n) is 8.52. The summed E-state index contributed by atoms with van der Waals surface area (Å²) in [7, 11) is -3.21. The van der Waals surface area contributed by atoms with Gasteiger partial charge < -0.3 is 10.2 Å². The molecule has 0 saturated carbocycles. The average molecular weight is 217 g/mol. The van der Waals surface area contributed by atoms with E-state index in [-0.39, 0.29) is 0 Å². The summed E-state index contributed by atoms with van der Waals surface area (Å²) in [5.74, 6) is 0.487. The predicted octanol–water partition coefficient (Wildman–Crippen LogP) is 1.10. The van der Waals surface area contributed by atoms with Gasteiger partial charge in [-0.05, 0) is 26.0 Å². The van der Waals surface area contributed by atoms with Gasteiger partial charge in [0.1, 0.15) is 5.76 Å². The summed E-state index contributed by atoms with van der Waals surface area (Å²) in [4.78, 5) is 0. The third-order valence-corrected chi connectivity index (χ3v) is 4.72. The molecule has 1 rings (SSSR count). The highest BCUT2D eigenvalue weighted by Gasteiger charge is 2.39. The van der Waals surface area contributed by atoms with Gasteiger partial charge in [0.15, 0.2) is 9.84 Å². The number of hydrogen-bond acceptors (Lipinski definition) is 4. The van der Waals surface area contributed by atoms with Crippen molar-refractivity contribution in [1.29, 1.82) is 0 Å². The van der Waals surface area contributed by atoms with Gasteiger partial charge in [-0.3, -0.25) is 0 Å². The molecule has 14 heavy (non-hydrogen) atoms. The molecule has 0 bridgehead atoms. The molecule has 1 unspecified atom stereocenters. The number of furan rings is 1. The predicted molar refractivity (Wildman–Crippen MR) is 54.6 cm³/mol. The first kappa shape index (κ1) is 11.3. The van der Waals surface area contributed by atoms with Crippen molar-refractivity contribution >= 4 is 9.84 Å². The van der Waals surface area contributed by atoms with Gasteiger partial charge in [0.2, 0.25) is 0 Å².